The van der Waals surface area contributed by atoms with Gasteiger partial charge < -0.3 is 14.8 Å². The van der Waals surface area contributed by atoms with Crippen LogP contribution < -0.4 is 10.1 Å². The molecule has 0 aliphatic carbocycles. The molecule has 0 bridgehead atoms. The molecule has 25 heavy (non-hydrogen) atoms. The summed E-state index contributed by atoms with van der Waals surface area (Å²) in [5.74, 6) is -0.575. The van der Waals surface area contributed by atoms with Gasteiger partial charge in [-0.25, -0.2) is 4.79 Å². The quantitative estimate of drug-likeness (QED) is 0.582. The molecule has 2 aromatic rings. The van der Waals surface area contributed by atoms with Crippen LogP contribution >= 0.6 is 23.5 Å². The first-order chi connectivity index (χ1) is 12.1. The van der Waals surface area contributed by atoms with Crippen molar-refractivity contribution in [2.75, 3.05) is 31.5 Å². The van der Waals surface area contributed by atoms with E-state index in [1.807, 2.05) is 30.7 Å². The minimum atomic E-state index is -0.600. The van der Waals surface area contributed by atoms with Crippen LogP contribution in [0.15, 0.2) is 52.3 Å². The highest BCUT2D eigenvalue weighted by atomic mass is 32.2. The Hall–Kier alpha value is -2.12. The lowest BCUT2D eigenvalue weighted by molar-refractivity contribution is -0.119. The Morgan fingerprint density at radius 2 is 1.76 bits per heavy atom. The van der Waals surface area contributed by atoms with Gasteiger partial charge in [-0.1, -0.05) is 6.07 Å². The molecule has 2 aromatic carbocycles. The third kappa shape index (κ3) is 5.44. The molecule has 0 aromatic heterocycles. The van der Waals surface area contributed by atoms with Gasteiger partial charge in [0, 0.05) is 15.5 Å². The predicted octanol–water partition coefficient (Wildman–Crippen LogP) is 3.93. The molecule has 7 heteroatoms. The molecule has 0 atom stereocenters. The maximum atomic E-state index is 12.2. The van der Waals surface area contributed by atoms with E-state index in [0.29, 0.717) is 11.4 Å². The van der Waals surface area contributed by atoms with Crippen molar-refractivity contribution in [2.24, 2.45) is 0 Å². The highest BCUT2D eigenvalue weighted by Crippen LogP contribution is 2.26. The van der Waals surface area contributed by atoms with Gasteiger partial charge in [-0.2, -0.15) is 0 Å². The minimum Gasteiger partial charge on any atom is -0.496 e. The van der Waals surface area contributed by atoms with E-state index >= 15 is 0 Å². The highest BCUT2D eigenvalue weighted by Gasteiger charge is 2.16. The highest BCUT2D eigenvalue weighted by molar-refractivity contribution is 7.98. The Balaban J connectivity index is 1.96. The zero-order valence-corrected chi connectivity index (χ0v) is 15.8. The zero-order valence-electron chi connectivity index (χ0n) is 14.2. The molecule has 2 rings (SSSR count). The molecule has 0 saturated heterocycles. The largest absolute Gasteiger partial charge is 0.496 e. The van der Waals surface area contributed by atoms with Crippen LogP contribution in [0, 0.1) is 0 Å². The van der Waals surface area contributed by atoms with Gasteiger partial charge in [-0.3, -0.25) is 4.79 Å². The van der Waals surface area contributed by atoms with Crippen LogP contribution in [0.4, 0.5) is 5.69 Å². The summed E-state index contributed by atoms with van der Waals surface area (Å²) in [7, 11) is 1.49. The summed E-state index contributed by atoms with van der Waals surface area (Å²) in [5, 5.41) is 2.71. The van der Waals surface area contributed by atoms with E-state index in [1.54, 1.807) is 47.8 Å². The topological polar surface area (TPSA) is 64.6 Å². The van der Waals surface area contributed by atoms with Crippen molar-refractivity contribution in [3.05, 3.63) is 48.0 Å². The van der Waals surface area contributed by atoms with Crippen LogP contribution in [-0.4, -0.2) is 38.1 Å². The lowest BCUT2D eigenvalue weighted by Gasteiger charge is -2.10. The first kappa shape index (κ1) is 19.2. The molecular weight excluding hydrogens is 358 g/mol. The van der Waals surface area contributed by atoms with Gasteiger partial charge in [0.15, 0.2) is 6.61 Å². The molecule has 0 aliphatic rings. The number of hydrogen-bond donors (Lipinski definition) is 1. The fraction of sp³-hybridized carbons (Fsp3) is 0.222. The molecule has 0 aliphatic heterocycles. The number of amides is 1. The molecule has 132 valence electrons. The van der Waals surface area contributed by atoms with Crippen LogP contribution in [0.25, 0.3) is 0 Å². The average Bonchev–Trinajstić information content (AvgIpc) is 2.65. The lowest BCUT2D eigenvalue weighted by Crippen LogP contribution is -2.21. The smallest absolute Gasteiger partial charge is 0.342 e. The number of benzene rings is 2. The molecule has 0 fully saturated rings. The fourth-order valence-corrected chi connectivity index (χ4v) is 2.96. The van der Waals surface area contributed by atoms with E-state index in [-0.39, 0.29) is 12.2 Å². The first-order valence-corrected chi connectivity index (χ1v) is 9.85. The second-order valence-electron chi connectivity index (χ2n) is 4.92. The Kier molecular flexibility index (Phi) is 7.21. The maximum absolute atomic E-state index is 12.2. The van der Waals surface area contributed by atoms with Crippen molar-refractivity contribution in [1.29, 1.82) is 0 Å². The van der Waals surface area contributed by atoms with Crippen LogP contribution in [0.3, 0.4) is 0 Å². The van der Waals surface area contributed by atoms with Gasteiger partial charge in [0.25, 0.3) is 5.91 Å². The zero-order chi connectivity index (χ0) is 18.2. The van der Waals surface area contributed by atoms with Gasteiger partial charge >= 0.3 is 5.97 Å². The Bertz CT molecular complexity index is 764. The van der Waals surface area contributed by atoms with Gasteiger partial charge in [-0.15, -0.1) is 23.5 Å². The van der Waals surface area contributed by atoms with Crippen molar-refractivity contribution in [3.63, 3.8) is 0 Å². The summed E-state index contributed by atoms with van der Waals surface area (Å²) in [6.45, 7) is -0.365. The number of thioether (sulfide) groups is 2. The normalized spacial score (nSPS) is 10.2. The first-order valence-electron chi connectivity index (χ1n) is 7.40. The van der Waals surface area contributed by atoms with E-state index in [1.165, 1.54) is 7.11 Å². The summed E-state index contributed by atoms with van der Waals surface area (Å²) < 4.78 is 10.3. The number of anilines is 1. The van der Waals surface area contributed by atoms with Crippen molar-refractivity contribution in [2.45, 2.75) is 9.79 Å². The summed E-state index contributed by atoms with van der Waals surface area (Å²) in [6.07, 6.45) is 3.89. The number of ether oxygens (including phenoxy) is 2. The summed E-state index contributed by atoms with van der Waals surface area (Å²) >= 11 is 3.12. The second kappa shape index (κ2) is 9.39. The Labute approximate surface area is 155 Å². The number of nitrogens with one attached hydrogen (secondary N) is 1. The minimum absolute atomic E-state index is 0.289. The number of methoxy groups -OCH3 is 1. The van der Waals surface area contributed by atoms with Crippen molar-refractivity contribution in [1.82, 2.24) is 0 Å². The van der Waals surface area contributed by atoms with Gasteiger partial charge in [0.1, 0.15) is 11.3 Å². The van der Waals surface area contributed by atoms with Crippen molar-refractivity contribution >= 4 is 41.1 Å². The fourth-order valence-electron chi connectivity index (χ4n) is 2.07. The van der Waals surface area contributed by atoms with E-state index in [2.05, 4.69) is 5.32 Å². The Morgan fingerprint density at radius 1 is 1.04 bits per heavy atom. The monoisotopic (exact) mass is 377 g/mol. The van der Waals surface area contributed by atoms with Crippen molar-refractivity contribution < 1.29 is 19.1 Å². The summed E-state index contributed by atoms with van der Waals surface area (Å²) in [6, 6.07) is 12.6. The second-order valence-corrected chi connectivity index (χ2v) is 6.68. The maximum Gasteiger partial charge on any atom is 0.342 e. The van der Waals surface area contributed by atoms with Crippen LogP contribution in [0.2, 0.25) is 0 Å². The number of carbonyl (C=O) groups excluding carboxylic acids is 2. The summed E-state index contributed by atoms with van der Waals surface area (Å²) in [5.41, 5.74) is 0.951. The van der Waals surface area contributed by atoms with Crippen LogP contribution in [0.5, 0.6) is 5.75 Å². The molecule has 0 heterocycles. The van der Waals surface area contributed by atoms with E-state index in [9.17, 15) is 9.59 Å². The molecule has 0 spiro atoms. The van der Waals surface area contributed by atoms with Crippen LogP contribution in [0.1, 0.15) is 10.4 Å². The number of rotatable bonds is 7. The van der Waals surface area contributed by atoms with E-state index in [4.69, 9.17) is 9.47 Å². The van der Waals surface area contributed by atoms with E-state index in [0.717, 1.165) is 9.79 Å². The molecule has 0 saturated carbocycles. The van der Waals surface area contributed by atoms with Crippen LogP contribution in [-0.2, 0) is 9.53 Å². The SMILES string of the molecule is COc1cc(SC)ccc1C(=O)OCC(=O)Nc1cccc(SC)c1. The average molecular weight is 377 g/mol. The molecule has 1 amide bonds. The third-order valence-corrected chi connectivity index (χ3v) is 4.77. The molecular formula is C18H19NO4S2. The van der Waals surface area contributed by atoms with Gasteiger partial charge in [-0.05, 0) is 48.9 Å². The predicted molar refractivity (Wildman–Crippen MR) is 102 cm³/mol. The lowest BCUT2D eigenvalue weighted by atomic mass is 10.2. The van der Waals surface area contributed by atoms with Crippen molar-refractivity contribution in [3.8, 4) is 5.75 Å². The molecule has 0 radical (unpaired) electrons. The van der Waals surface area contributed by atoms with E-state index < -0.39 is 11.9 Å². The summed E-state index contributed by atoms with van der Waals surface area (Å²) in [4.78, 5) is 26.2. The Morgan fingerprint density at radius 3 is 2.44 bits per heavy atom. The van der Waals surface area contributed by atoms with Gasteiger partial charge in [0.05, 0.1) is 7.11 Å². The molecule has 0 unspecified atom stereocenters. The molecule has 1 N–H and O–H groups in total. The number of carbonyl (C=O) groups is 2. The molecule has 5 nitrogen and oxygen atoms in total. The number of hydrogen-bond acceptors (Lipinski definition) is 6. The van der Waals surface area contributed by atoms with Gasteiger partial charge in [0.2, 0.25) is 0 Å². The third-order valence-electron chi connectivity index (χ3n) is 3.32. The standard InChI is InChI=1S/C18H19NO4S2/c1-22-16-10-14(25-3)7-8-15(16)18(21)23-11-17(20)19-12-5-4-6-13(9-12)24-2/h4-10H,11H2,1-3H3,(H,19,20). The number of esters is 1.